The molecule has 2 aromatic rings. The van der Waals surface area contributed by atoms with Gasteiger partial charge in [0.2, 0.25) is 5.91 Å². The molecular formula is C18H23FN4O. The van der Waals surface area contributed by atoms with Crippen LogP contribution in [0.3, 0.4) is 0 Å². The van der Waals surface area contributed by atoms with Crippen LogP contribution in [0, 0.1) is 18.7 Å². The smallest absolute Gasteiger partial charge is 0.242 e. The molecule has 1 fully saturated rings. The zero-order chi connectivity index (χ0) is 17.1. The van der Waals surface area contributed by atoms with Gasteiger partial charge in [-0.05, 0) is 49.8 Å². The fraction of sp³-hybridized carbons (Fsp3) is 0.444. The molecule has 0 saturated heterocycles. The molecule has 1 heterocycles. The fourth-order valence-electron chi connectivity index (χ4n) is 3.48. The van der Waals surface area contributed by atoms with Crippen LogP contribution in [0.25, 0.3) is 0 Å². The molecule has 2 atom stereocenters. The molecule has 0 bridgehead atoms. The van der Waals surface area contributed by atoms with Crippen LogP contribution in [0.4, 0.5) is 10.2 Å². The third-order valence-corrected chi connectivity index (χ3v) is 4.64. The fourth-order valence-corrected chi connectivity index (χ4v) is 3.48. The van der Waals surface area contributed by atoms with E-state index in [0.29, 0.717) is 11.7 Å². The number of nitrogens with two attached hydrogens (primary N) is 1. The normalized spacial score (nSPS) is 20.2. The summed E-state index contributed by atoms with van der Waals surface area (Å²) in [5, 5.41) is 7.33. The molecule has 0 unspecified atom stereocenters. The Bertz CT molecular complexity index is 710. The van der Waals surface area contributed by atoms with Crippen LogP contribution in [0.1, 0.15) is 30.5 Å². The first kappa shape index (κ1) is 16.5. The Balaban J connectivity index is 1.58. The number of aromatic nitrogens is 2. The Morgan fingerprint density at radius 3 is 2.79 bits per heavy atom. The van der Waals surface area contributed by atoms with E-state index in [-0.39, 0.29) is 24.3 Å². The molecule has 24 heavy (non-hydrogen) atoms. The predicted octanol–water partition coefficient (Wildman–Crippen LogP) is 2.44. The van der Waals surface area contributed by atoms with Crippen LogP contribution < -0.4 is 11.1 Å². The lowest BCUT2D eigenvalue weighted by atomic mass is 9.94. The van der Waals surface area contributed by atoms with E-state index < -0.39 is 0 Å². The number of nitrogens with zero attached hydrogens (tertiary/aromatic N) is 2. The summed E-state index contributed by atoms with van der Waals surface area (Å²) in [5.74, 6) is 0.594. The summed E-state index contributed by atoms with van der Waals surface area (Å²) in [6.45, 7) is 1.99. The molecule has 0 aliphatic heterocycles. The maximum absolute atomic E-state index is 13.0. The second kappa shape index (κ2) is 7.03. The van der Waals surface area contributed by atoms with Crippen molar-refractivity contribution in [3.8, 4) is 0 Å². The Hall–Kier alpha value is -2.37. The van der Waals surface area contributed by atoms with Gasteiger partial charge in [-0.2, -0.15) is 5.10 Å². The number of rotatable bonds is 5. The van der Waals surface area contributed by atoms with Crippen molar-refractivity contribution in [2.45, 2.75) is 45.2 Å². The van der Waals surface area contributed by atoms with Gasteiger partial charge in [-0.1, -0.05) is 18.6 Å². The first-order chi connectivity index (χ1) is 11.5. The zero-order valence-electron chi connectivity index (χ0n) is 13.8. The van der Waals surface area contributed by atoms with Crippen molar-refractivity contribution in [1.29, 1.82) is 0 Å². The molecule has 1 aliphatic rings. The number of aryl methyl sites for hydroxylation is 1. The summed E-state index contributed by atoms with van der Waals surface area (Å²) >= 11 is 0. The van der Waals surface area contributed by atoms with E-state index in [1.807, 2.05) is 19.1 Å². The van der Waals surface area contributed by atoms with Crippen LogP contribution in [0.5, 0.6) is 0 Å². The lowest BCUT2D eigenvalue weighted by molar-refractivity contribution is -0.122. The van der Waals surface area contributed by atoms with Gasteiger partial charge in [0, 0.05) is 12.1 Å². The average molecular weight is 330 g/mol. The summed E-state index contributed by atoms with van der Waals surface area (Å²) in [5.41, 5.74) is 7.74. The van der Waals surface area contributed by atoms with E-state index in [2.05, 4.69) is 10.4 Å². The van der Waals surface area contributed by atoms with Gasteiger partial charge in [-0.15, -0.1) is 0 Å². The Kier molecular flexibility index (Phi) is 4.83. The van der Waals surface area contributed by atoms with E-state index in [1.165, 1.54) is 16.8 Å². The topological polar surface area (TPSA) is 72.9 Å². The van der Waals surface area contributed by atoms with Crippen molar-refractivity contribution in [2.75, 3.05) is 5.73 Å². The molecular weight excluding hydrogens is 307 g/mol. The minimum atomic E-state index is -0.220. The molecule has 1 saturated carbocycles. The highest BCUT2D eigenvalue weighted by atomic mass is 19.1. The zero-order valence-corrected chi connectivity index (χ0v) is 13.8. The van der Waals surface area contributed by atoms with E-state index >= 15 is 0 Å². The van der Waals surface area contributed by atoms with E-state index in [0.717, 1.165) is 36.9 Å². The van der Waals surface area contributed by atoms with Gasteiger partial charge in [-0.3, -0.25) is 4.79 Å². The SMILES string of the molecule is Cc1cc(N)n(CC(=O)N[C@H]2CCC[C@H]2Cc2ccc(F)cc2)n1. The largest absolute Gasteiger partial charge is 0.384 e. The summed E-state index contributed by atoms with van der Waals surface area (Å²) in [7, 11) is 0. The number of benzene rings is 1. The van der Waals surface area contributed by atoms with Crippen molar-refractivity contribution in [1.82, 2.24) is 15.1 Å². The monoisotopic (exact) mass is 330 g/mol. The molecule has 1 aromatic heterocycles. The Morgan fingerprint density at radius 1 is 1.38 bits per heavy atom. The van der Waals surface area contributed by atoms with Crippen molar-refractivity contribution in [3.63, 3.8) is 0 Å². The predicted molar refractivity (Wildman–Crippen MR) is 90.8 cm³/mol. The second-order valence-corrected chi connectivity index (χ2v) is 6.56. The number of nitrogen functional groups attached to an aromatic ring is 1. The number of carbonyl (C=O) groups excluding carboxylic acids is 1. The maximum atomic E-state index is 13.0. The van der Waals surface area contributed by atoms with Crippen LogP contribution >= 0.6 is 0 Å². The van der Waals surface area contributed by atoms with Crippen molar-refractivity contribution < 1.29 is 9.18 Å². The Morgan fingerprint density at radius 2 is 2.12 bits per heavy atom. The standard InChI is InChI=1S/C18H23FN4O/c1-12-9-17(20)23(22-12)11-18(24)21-16-4-2-3-14(16)10-13-5-7-15(19)8-6-13/h5-9,14,16H,2-4,10-11,20H2,1H3,(H,21,24)/t14-,16-/m0/s1. The molecule has 1 aliphatic carbocycles. The molecule has 3 N–H and O–H groups in total. The molecule has 128 valence electrons. The van der Waals surface area contributed by atoms with Crippen LogP contribution in [-0.4, -0.2) is 21.7 Å². The minimum Gasteiger partial charge on any atom is -0.384 e. The molecule has 1 aromatic carbocycles. The lowest BCUT2D eigenvalue weighted by Gasteiger charge is -2.21. The molecule has 0 spiro atoms. The first-order valence-electron chi connectivity index (χ1n) is 8.35. The van der Waals surface area contributed by atoms with Gasteiger partial charge >= 0.3 is 0 Å². The first-order valence-corrected chi connectivity index (χ1v) is 8.35. The average Bonchev–Trinajstić information content (AvgIpc) is 3.08. The molecule has 5 nitrogen and oxygen atoms in total. The van der Waals surface area contributed by atoms with Gasteiger partial charge < -0.3 is 11.1 Å². The third-order valence-electron chi connectivity index (χ3n) is 4.64. The number of hydrogen-bond donors (Lipinski definition) is 2. The van der Waals surface area contributed by atoms with Gasteiger partial charge in [0.1, 0.15) is 18.2 Å². The number of hydrogen-bond acceptors (Lipinski definition) is 3. The summed E-state index contributed by atoms with van der Waals surface area (Å²) in [6, 6.07) is 8.52. The summed E-state index contributed by atoms with van der Waals surface area (Å²) in [6.07, 6.45) is 4.00. The van der Waals surface area contributed by atoms with Crippen LogP contribution in [0.15, 0.2) is 30.3 Å². The van der Waals surface area contributed by atoms with E-state index in [9.17, 15) is 9.18 Å². The summed E-state index contributed by atoms with van der Waals surface area (Å²) < 4.78 is 14.5. The van der Waals surface area contributed by atoms with Crippen molar-refractivity contribution >= 4 is 11.7 Å². The molecule has 3 rings (SSSR count). The molecule has 6 heteroatoms. The second-order valence-electron chi connectivity index (χ2n) is 6.56. The third kappa shape index (κ3) is 3.93. The number of nitrogens with one attached hydrogen (secondary N) is 1. The van der Waals surface area contributed by atoms with Gasteiger partial charge in [0.15, 0.2) is 0 Å². The van der Waals surface area contributed by atoms with Crippen LogP contribution in [-0.2, 0) is 17.8 Å². The number of carbonyl (C=O) groups is 1. The van der Waals surface area contributed by atoms with Crippen LogP contribution in [0.2, 0.25) is 0 Å². The minimum absolute atomic E-state index is 0.0687. The van der Waals surface area contributed by atoms with Crippen molar-refractivity contribution in [2.24, 2.45) is 5.92 Å². The maximum Gasteiger partial charge on any atom is 0.242 e. The highest BCUT2D eigenvalue weighted by molar-refractivity contribution is 5.76. The van der Waals surface area contributed by atoms with Gasteiger partial charge in [0.25, 0.3) is 0 Å². The highest BCUT2D eigenvalue weighted by Gasteiger charge is 2.28. The van der Waals surface area contributed by atoms with E-state index in [1.54, 1.807) is 6.07 Å². The van der Waals surface area contributed by atoms with Crippen molar-refractivity contribution in [3.05, 3.63) is 47.4 Å². The van der Waals surface area contributed by atoms with Gasteiger partial charge in [0.05, 0.1) is 5.69 Å². The quantitative estimate of drug-likeness (QED) is 0.884. The highest BCUT2D eigenvalue weighted by Crippen LogP contribution is 2.29. The molecule has 1 amide bonds. The molecule has 0 radical (unpaired) electrons. The van der Waals surface area contributed by atoms with E-state index in [4.69, 9.17) is 5.73 Å². The number of anilines is 1. The summed E-state index contributed by atoms with van der Waals surface area (Å²) in [4.78, 5) is 12.3. The lowest BCUT2D eigenvalue weighted by Crippen LogP contribution is -2.40. The number of amides is 1. The van der Waals surface area contributed by atoms with Gasteiger partial charge in [-0.25, -0.2) is 9.07 Å². The number of halogens is 1. The Labute approximate surface area is 141 Å².